The third kappa shape index (κ3) is 1.84. The first-order valence-electron chi connectivity index (χ1n) is 6.80. The molecule has 0 amide bonds. The topological polar surface area (TPSA) is 72.7 Å². The highest BCUT2D eigenvalue weighted by Gasteiger charge is 2.36. The largest absolute Gasteiger partial charge is 0.326 e. The van der Waals surface area contributed by atoms with E-state index in [2.05, 4.69) is 20.8 Å². The number of nitrogens with zero attached hydrogens (tertiary/aromatic N) is 4. The van der Waals surface area contributed by atoms with Crippen LogP contribution >= 0.6 is 0 Å². The van der Waals surface area contributed by atoms with Crippen LogP contribution in [0.3, 0.4) is 0 Å². The normalized spacial score (nSPS) is 20.8. The Hall–Kier alpha value is -2.57. The van der Waals surface area contributed by atoms with E-state index in [1.165, 1.54) is 12.1 Å². The molecule has 1 aliphatic carbocycles. The molecule has 6 nitrogen and oxygen atoms in total. The molecule has 4 rings (SSSR count). The second kappa shape index (κ2) is 4.47. The molecule has 2 aliphatic rings. The van der Waals surface area contributed by atoms with Gasteiger partial charge in [-0.05, 0) is 41.0 Å². The zero-order valence-corrected chi connectivity index (χ0v) is 11.1. The fourth-order valence-electron chi connectivity index (χ4n) is 2.97. The maximum Gasteiger partial charge on any atom is 0.248 e. The second-order valence-electron chi connectivity index (χ2n) is 5.20. The number of fused-ring (bicyclic) bond motifs is 1. The maximum absolute atomic E-state index is 13.2. The molecule has 0 bridgehead atoms. The number of benzene rings is 1. The van der Waals surface area contributed by atoms with Crippen molar-refractivity contribution in [3.63, 3.8) is 0 Å². The van der Waals surface area contributed by atoms with Gasteiger partial charge in [0.15, 0.2) is 5.78 Å². The van der Waals surface area contributed by atoms with Crippen molar-refractivity contribution in [3.8, 4) is 0 Å². The molecule has 0 fully saturated rings. The molecule has 1 aliphatic heterocycles. The van der Waals surface area contributed by atoms with E-state index in [0.29, 0.717) is 17.9 Å². The van der Waals surface area contributed by atoms with E-state index in [4.69, 9.17) is 0 Å². The number of tetrazole rings is 1. The first-order valence-corrected chi connectivity index (χ1v) is 6.80. The highest BCUT2D eigenvalue weighted by atomic mass is 19.1. The third-order valence-electron chi connectivity index (χ3n) is 3.92. The van der Waals surface area contributed by atoms with Crippen LogP contribution < -0.4 is 5.32 Å². The Morgan fingerprint density at radius 3 is 2.86 bits per heavy atom. The number of carbonyl (C=O) groups is 1. The molecule has 1 aromatic carbocycles. The minimum absolute atomic E-state index is 0.0965. The van der Waals surface area contributed by atoms with E-state index in [9.17, 15) is 9.18 Å². The number of ketones is 1. The smallest absolute Gasteiger partial charge is 0.248 e. The van der Waals surface area contributed by atoms with Crippen molar-refractivity contribution in [2.24, 2.45) is 0 Å². The number of anilines is 1. The van der Waals surface area contributed by atoms with Gasteiger partial charge in [-0.15, -0.1) is 0 Å². The maximum atomic E-state index is 13.2. The van der Waals surface area contributed by atoms with Gasteiger partial charge in [-0.25, -0.2) is 4.39 Å². The molecule has 21 heavy (non-hydrogen) atoms. The number of allylic oxidation sites excluding steroid dienone is 2. The zero-order valence-electron chi connectivity index (χ0n) is 11.1. The third-order valence-corrected chi connectivity index (χ3v) is 3.92. The van der Waals surface area contributed by atoms with E-state index < -0.39 is 0 Å². The number of Topliss-reactive ketones (excluding diaryl/α,β-unsaturated/α-hetero) is 1. The summed E-state index contributed by atoms with van der Waals surface area (Å²) in [4.78, 5) is 12.4. The highest BCUT2D eigenvalue weighted by Crippen LogP contribution is 2.39. The molecule has 7 heteroatoms. The molecule has 1 unspecified atom stereocenters. The monoisotopic (exact) mass is 285 g/mol. The number of rotatable bonds is 1. The molecule has 2 heterocycles. The Bertz CT molecular complexity index is 749. The number of halogens is 1. The Morgan fingerprint density at radius 1 is 1.24 bits per heavy atom. The van der Waals surface area contributed by atoms with E-state index in [-0.39, 0.29) is 17.6 Å². The number of carbonyl (C=O) groups excluding carboxylic acids is 1. The molecule has 1 aromatic heterocycles. The summed E-state index contributed by atoms with van der Waals surface area (Å²) in [6, 6.07) is 5.72. The molecule has 0 saturated heterocycles. The Kier molecular flexibility index (Phi) is 2.60. The van der Waals surface area contributed by atoms with Crippen molar-refractivity contribution in [1.29, 1.82) is 0 Å². The van der Waals surface area contributed by atoms with Gasteiger partial charge in [-0.2, -0.15) is 4.68 Å². The van der Waals surface area contributed by atoms with Crippen LogP contribution in [-0.2, 0) is 4.79 Å². The van der Waals surface area contributed by atoms with Crippen molar-refractivity contribution < 1.29 is 9.18 Å². The lowest BCUT2D eigenvalue weighted by Crippen LogP contribution is -2.31. The summed E-state index contributed by atoms with van der Waals surface area (Å²) in [5, 5.41) is 14.7. The standard InChI is InChI=1S/C14H12FN5O/c15-9-6-4-8(5-7-9)13-12-10(2-1-3-11(12)21)16-14-17-18-19-20(13)14/h4-7,13H,1-3H2,(H,16,17,19). The van der Waals surface area contributed by atoms with Gasteiger partial charge in [0.1, 0.15) is 11.9 Å². The summed E-state index contributed by atoms with van der Waals surface area (Å²) in [5.41, 5.74) is 2.37. The van der Waals surface area contributed by atoms with E-state index in [1.807, 2.05) is 0 Å². The molecule has 2 aromatic rings. The lowest BCUT2D eigenvalue weighted by Gasteiger charge is -2.31. The average Bonchev–Trinajstić information content (AvgIpc) is 2.94. The first-order chi connectivity index (χ1) is 10.2. The van der Waals surface area contributed by atoms with Crippen molar-refractivity contribution >= 4 is 11.7 Å². The highest BCUT2D eigenvalue weighted by molar-refractivity contribution is 5.99. The van der Waals surface area contributed by atoms with Gasteiger partial charge in [-0.3, -0.25) is 4.79 Å². The summed E-state index contributed by atoms with van der Waals surface area (Å²) in [6.45, 7) is 0. The summed E-state index contributed by atoms with van der Waals surface area (Å²) < 4.78 is 14.7. The Balaban J connectivity index is 1.91. The van der Waals surface area contributed by atoms with Gasteiger partial charge in [0.25, 0.3) is 0 Å². The number of nitrogens with one attached hydrogen (secondary N) is 1. The predicted molar refractivity (Wildman–Crippen MR) is 71.9 cm³/mol. The minimum atomic E-state index is -0.389. The van der Waals surface area contributed by atoms with Crippen LogP contribution in [0.2, 0.25) is 0 Å². The number of hydrogen-bond acceptors (Lipinski definition) is 5. The summed E-state index contributed by atoms with van der Waals surface area (Å²) in [7, 11) is 0. The molecule has 1 atom stereocenters. The van der Waals surface area contributed by atoms with Gasteiger partial charge in [0.05, 0.1) is 0 Å². The SMILES string of the molecule is O=C1CCCC2=C1C(c1ccc(F)cc1)n1nnnc1N2. The Morgan fingerprint density at radius 2 is 2.05 bits per heavy atom. The van der Waals surface area contributed by atoms with Crippen molar-refractivity contribution in [2.45, 2.75) is 25.3 Å². The van der Waals surface area contributed by atoms with Crippen LogP contribution in [0, 0.1) is 5.82 Å². The fourth-order valence-corrected chi connectivity index (χ4v) is 2.97. The molecule has 0 saturated carbocycles. The van der Waals surface area contributed by atoms with Gasteiger partial charge >= 0.3 is 0 Å². The average molecular weight is 285 g/mol. The number of hydrogen-bond donors (Lipinski definition) is 1. The van der Waals surface area contributed by atoms with Crippen LogP contribution in [0.15, 0.2) is 35.5 Å². The lowest BCUT2D eigenvalue weighted by molar-refractivity contribution is -0.116. The van der Waals surface area contributed by atoms with Gasteiger partial charge in [0, 0.05) is 17.7 Å². The van der Waals surface area contributed by atoms with E-state index in [1.54, 1.807) is 16.8 Å². The van der Waals surface area contributed by atoms with Crippen LogP contribution in [-0.4, -0.2) is 26.0 Å². The van der Waals surface area contributed by atoms with Crippen LogP contribution in [0.1, 0.15) is 30.9 Å². The van der Waals surface area contributed by atoms with Crippen molar-refractivity contribution in [3.05, 3.63) is 46.9 Å². The van der Waals surface area contributed by atoms with Crippen LogP contribution in [0.4, 0.5) is 10.3 Å². The molecular weight excluding hydrogens is 273 g/mol. The van der Waals surface area contributed by atoms with Crippen LogP contribution in [0.25, 0.3) is 0 Å². The van der Waals surface area contributed by atoms with Gasteiger partial charge in [-0.1, -0.05) is 17.2 Å². The number of aromatic nitrogens is 4. The van der Waals surface area contributed by atoms with Crippen LogP contribution in [0.5, 0.6) is 0 Å². The van der Waals surface area contributed by atoms with Crippen molar-refractivity contribution in [2.75, 3.05) is 5.32 Å². The van der Waals surface area contributed by atoms with Crippen molar-refractivity contribution in [1.82, 2.24) is 20.2 Å². The van der Waals surface area contributed by atoms with E-state index in [0.717, 1.165) is 24.1 Å². The van der Waals surface area contributed by atoms with Gasteiger partial charge < -0.3 is 5.32 Å². The quantitative estimate of drug-likeness (QED) is 0.865. The molecule has 0 radical (unpaired) electrons. The Labute approximate surface area is 119 Å². The summed E-state index contributed by atoms with van der Waals surface area (Å²) in [5.74, 6) is 0.297. The molecule has 106 valence electrons. The fraction of sp³-hybridized carbons (Fsp3) is 0.286. The minimum Gasteiger partial charge on any atom is -0.326 e. The molecule has 1 N–H and O–H groups in total. The van der Waals surface area contributed by atoms with Gasteiger partial charge in [0.2, 0.25) is 5.95 Å². The summed E-state index contributed by atoms with van der Waals surface area (Å²) in [6.07, 6.45) is 2.14. The molecular formula is C14H12FN5O. The lowest BCUT2D eigenvalue weighted by atomic mass is 9.85. The zero-order chi connectivity index (χ0) is 14.4. The van der Waals surface area contributed by atoms with E-state index >= 15 is 0 Å². The second-order valence-corrected chi connectivity index (χ2v) is 5.20. The predicted octanol–water partition coefficient (Wildman–Crippen LogP) is 1.83. The summed E-state index contributed by atoms with van der Waals surface area (Å²) >= 11 is 0. The first kappa shape index (κ1) is 12.2. The molecule has 0 spiro atoms.